The van der Waals surface area contributed by atoms with Crippen molar-refractivity contribution < 1.29 is 9.26 Å². The third-order valence-corrected chi connectivity index (χ3v) is 4.84. The number of benzene rings is 1. The van der Waals surface area contributed by atoms with E-state index in [2.05, 4.69) is 50.2 Å². The number of piperazine rings is 1. The Kier molecular flexibility index (Phi) is 6.73. The SMILES string of the molecule is CN=C(NCCc1nc(C(C)C)no1)N1CCN(c2ccccc2OC)CC1. The van der Waals surface area contributed by atoms with E-state index in [0.29, 0.717) is 18.9 Å². The van der Waals surface area contributed by atoms with Crippen molar-refractivity contribution in [1.29, 1.82) is 0 Å². The maximum absolute atomic E-state index is 5.49. The van der Waals surface area contributed by atoms with E-state index >= 15 is 0 Å². The first kappa shape index (κ1) is 20.0. The van der Waals surface area contributed by atoms with E-state index in [1.54, 1.807) is 7.11 Å². The fourth-order valence-corrected chi connectivity index (χ4v) is 3.27. The lowest BCUT2D eigenvalue weighted by atomic mass is 10.2. The van der Waals surface area contributed by atoms with Crippen molar-refractivity contribution in [2.75, 3.05) is 51.8 Å². The summed E-state index contributed by atoms with van der Waals surface area (Å²) in [4.78, 5) is 13.5. The molecule has 1 aliphatic heterocycles. The number of para-hydroxylation sites is 2. The van der Waals surface area contributed by atoms with E-state index in [4.69, 9.17) is 9.26 Å². The van der Waals surface area contributed by atoms with E-state index in [-0.39, 0.29) is 5.92 Å². The molecule has 152 valence electrons. The first-order chi connectivity index (χ1) is 13.6. The molecule has 2 aromatic rings. The molecule has 2 heterocycles. The van der Waals surface area contributed by atoms with Crippen molar-refractivity contribution in [2.45, 2.75) is 26.2 Å². The molecular weight excluding hydrogens is 356 g/mol. The number of rotatable bonds is 6. The molecule has 1 aliphatic rings. The highest BCUT2D eigenvalue weighted by atomic mass is 16.5. The van der Waals surface area contributed by atoms with Crippen LogP contribution in [-0.4, -0.2) is 67.9 Å². The van der Waals surface area contributed by atoms with Gasteiger partial charge >= 0.3 is 0 Å². The molecule has 1 aromatic carbocycles. The summed E-state index contributed by atoms with van der Waals surface area (Å²) < 4.78 is 10.8. The molecule has 0 amide bonds. The molecule has 0 spiro atoms. The second-order valence-electron chi connectivity index (χ2n) is 7.07. The van der Waals surface area contributed by atoms with E-state index in [1.807, 2.05) is 25.2 Å². The van der Waals surface area contributed by atoms with Crippen LogP contribution >= 0.6 is 0 Å². The summed E-state index contributed by atoms with van der Waals surface area (Å²) in [6, 6.07) is 8.16. The van der Waals surface area contributed by atoms with Crippen LogP contribution < -0.4 is 15.0 Å². The van der Waals surface area contributed by atoms with Crippen molar-refractivity contribution >= 4 is 11.6 Å². The normalized spacial score (nSPS) is 15.2. The number of hydrogen-bond acceptors (Lipinski definition) is 6. The molecule has 0 bridgehead atoms. The molecular formula is C20H30N6O2. The molecule has 1 N–H and O–H groups in total. The monoisotopic (exact) mass is 386 g/mol. The molecule has 8 heteroatoms. The minimum atomic E-state index is 0.276. The Balaban J connectivity index is 1.49. The van der Waals surface area contributed by atoms with Crippen molar-refractivity contribution in [2.24, 2.45) is 4.99 Å². The van der Waals surface area contributed by atoms with Crippen molar-refractivity contribution in [3.63, 3.8) is 0 Å². The van der Waals surface area contributed by atoms with E-state index < -0.39 is 0 Å². The molecule has 28 heavy (non-hydrogen) atoms. The molecule has 1 saturated heterocycles. The van der Waals surface area contributed by atoms with Gasteiger partial charge in [0.05, 0.1) is 12.8 Å². The number of ether oxygens (including phenoxy) is 1. The smallest absolute Gasteiger partial charge is 0.228 e. The lowest BCUT2D eigenvalue weighted by molar-refractivity contribution is 0.360. The summed E-state index contributed by atoms with van der Waals surface area (Å²) in [5, 5.41) is 7.41. The molecule has 0 aliphatic carbocycles. The average molecular weight is 387 g/mol. The average Bonchev–Trinajstić information content (AvgIpc) is 3.21. The van der Waals surface area contributed by atoms with E-state index in [1.165, 1.54) is 0 Å². The number of nitrogens with one attached hydrogen (secondary N) is 1. The third kappa shape index (κ3) is 4.74. The van der Waals surface area contributed by atoms with Gasteiger partial charge in [-0.3, -0.25) is 4.99 Å². The molecule has 1 aromatic heterocycles. The van der Waals surface area contributed by atoms with Crippen LogP contribution in [0.5, 0.6) is 5.75 Å². The molecule has 0 radical (unpaired) electrons. The number of nitrogens with zero attached hydrogens (tertiary/aromatic N) is 5. The minimum absolute atomic E-state index is 0.276. The first-order valence-electron chi connectivity index (χ1n) is 9.78. The van der Waals surface area contributed by atoms with Crippen LogP contribution in [0.4, 0.5) is 5.69 Å². The molecule has 8 nitrogen and oxygen atoms in total. The van der Waals surface area contributed by atoms with Gasteiger partial charge in [0.25, 0.3) is 0 Å². The van der Waals surface area contributed by atoms with E-state index in [9.17, 15) is 0 Å². The Morgan fingerprint density at radius 1 is 1.25 bits per heavy atom. The highest BCUT2D eigenvalue weighted by molar-refractivity contribution is 5.80. The zero-order valence-corrected chi connectivity index (χ0v) is 17.2. The largest absolute Gasteiger partial charge is 0.495 e. The highest BCUT2D eigenvalue weighted by Crippen LogP contribution is 2.28. The Labute approximate surface area is 166 Å². The van der Waals surface area contributed by atoms with Gasteiger partial charge in [0.15, 0.2) is 11.8 Å². The van der Waals surface area contributed by atoms with Crippen LogP contribution in [0.1, 0.15) is 31.5 Å². The zero-order valence-electron chi connectivity index (χ0n) is 17.2. The topological polar surface area (TPSA) is 79.0 Å². The Hall–Kier alpha value is -2.77. The van der Waals surface area contributed by atoms with Crippen molar-refractivity contribution in [3.05, 3.63) is 36.0 Å². The number of methoxy groups -OCH3 is 1. The summed E-state index contributed by atoms with van der Waals surface area (Å²) in [6.45, 7) is 8.45. The standard InChI is InChI=1S/C20H30N6O2/c1-15(2)19-23-18(28-24-19)9-10-22-20(21-3)26-13-11-25(12-14-26)16-7-5-6-8-17(16)27-4/h5-8,15H,9-14H2,1-4H3,(H,21,22). The Morgan fingerprint density at radius 2 is 2.00 bits per heavy atom. The number of hydrogen-bond donors (Lipinski definition) is 1. The predicted molar refractivity (Wildman–Crippen MR) is 110 cm³/mol. The third-order valence-electron chi connectivity index (χ3n) is 4.84. The maximum atomic E-state index is 5.49. The lowest BCUT2D eigenvalue weighted by Crippen LogP contribution is -2.52. The highest BCUT2D eigenvalue weighted by Gasteiger charge is 2.21. The van der Waals surface area contributed by atoms with Crippen LogP contribution in [0.2, 0.25) is 0 Å². The van der Waals surface area contributed by atoms with E-state index in [0.717, 1.165) is 49.4 Å². The van der Waals surface area contributed by atoms with Gasteiger partial charge in [-0.2, -0.15) is 4.98 Å². The molecule has 1 fully saturated rings. The number of aromatic nitrogens is 2. The Bertz CT molecular complexity index is 781. The zero-order chi connectivity index (χ0) is 19.9. The molecule has 3 rings (SSSR count). The summed E-state index contributed by atoms with van der Waals surface area (Å²) in [5.74, 6) is 3.51. The van der Waals surface area contributed by atoms with Gasteiger partial charge in [0, 0.05) is 52.1 Å². The van der Waals surface area contributed by atoms with Gasteiger partial charge in [0.2, 0.25) is 5.89 Å². The lowest BCUT2D eigenvalue weighted by Gasteiger charge is -2.38. The van der Waals surface area contributed by atoms with Gasteiger partial charge in [-0.15, -0.1) is 0 Å². The number of guanidine groups is 1. The van der Waals surface area contributed by atoms with Crippen LogP contribution in [0, 0.1) is 0 Å². The van der Waals surface area contributed by atoms with Crippen LogP contribution in [-0.2, 0) is 6.42 Å². The summed E-state index contributed by atoms with van der Waals surface area (Å²) in [7, 11) is 3.53. The quantitative estimate of drug-likeness (QED) is 0.602. The van der Waals surface area contributed by atoms with Gasteiger partial charge in [-0.1, -0.05) is 31.1 Å². The minimum Gasteiger partial charge on any atom is -0.495 e. The van der Waals surface area contributed by atoms with Crippen LogP contribution in [0.25, 0.3) is 0 Å². The molecule has 0 atom stereocenters. The molecule has 0 unspecified atom stereocenters. The van der Waals surface area contributed by atoms with Crippen LogP contribution in [0.3, 0.4) is 0 Å². The summed E-state index contributed by atoms with van der Waals surface area (Å²) >= 11 is 0. The van der Waals surface area contributed by atoms with Gasteiger partial charge < -0.3 is 24.4 Å². The van der Waals surface area contributed by atoms with Crippen molar-refractivity contribution in [1.82, 2.24) is 20.4 Å². The molecule has 0 saturated carbocycles. The summed E-state index contributed by atoms with van der Waals surface area (Å²) in [5.41, 5.74) is 1.14. The van der Waals surface area contributed by atoms with Gasteiger partial charge in [-0.25, -0.2) is 0 Å². The predicted octanol–water partition coefficient (Wildman–Crippen LogP) is 2.14. The number of aliphatic imine (C=N–C) groups is 1. The van der Waals surface area contributed by atoms with Crippen molar-refractivity contribution in [3.8, 4) is 5.75 Å². The first-order valence-corrected chi connectivity index (χ1v) is 9.78. The van der Waals surface area contributed by atoms with Gasteiger partial charge in [-0.05, 0) is 12.1 Å². The fourth-order valence-electron chi connectivity index (χ4n) is 3.27. The second-order valence-corrected chi connectivity index (χ2v) is 7.07. The van der Waals surface area contributed by atoms with Crippen LogP contribution in [0.15, 0.2) is 33.8 Å². The van der Waals surface area contributed by atoms with Gasteiger partial charge in [0.1, 0.15) is 5.75 Å². The fraction of sp³-hybridized carbons (Fsp3) is 0.550. The second kappa shape index (κ2) is 9.43. The Morgan fingerprint density at radius 3 is 2.64 bits per heavy atom. The number of anilines is 1. The summed E-state index contributed by atoms with van der Waals surface area (Å²) in [6.07, 6.45) is 0.680. The maximum Gasteiger partial charge on any atom is 0.228 e.